The first-order valence-electron chi connectivity index (χ1n) is 4.01. The second kappa shape index (κ2) is 4.33. The summed E-state index contributed by atoms with van der Waals surface area (Å²) in [7, 11) is 0. The zero-order valence-corrected chi connectivity index (χ0v) is 9.05. The fourth-order valence-electron chi connectivity index (χ4n) is 1.05. The van der Waals surface area contributed by atoms with E-state index < -0.39 is 23.8 Å². The van der Waals surface area contributed by atoms with Crippen LogP contribution in [0, 0.1) is 11.6 Å². The Morgan fingerprint density at radius 2 is 1.86 bits per heavy atom. The molecule has 1 aromatic carbocycles. The monoisotopic (exact) mass is 265 g/mol. The summed E-state index contributed by atoms with van der Waals surface area (Å²) in [5.74, 6) is -1.96. The van der Waals surface area contributed by atoms with Gasteiger partial charge < -0.3 is 10.8 Å². The summed E-state index contributed by atoms with van der Waals surface area (Å²) in [5, 5.41) is 9.55. The Kier molecular flexibility index (Phi) is 3.58. The Morgan fingerprint density at radius 3 is 2.36 bits per heavy atom. The number of hydrogen-bond acceptors (Lipinski definition) is 2. The van der Waals surface area contributed by atoms with E-state index in [2.05, 4.69) is 15.9 Å². The lowest BCUT2D eigenvalue weighted by atomic mass is 10.0. The van der Waals surface area contributed by atoms with Gasteiger partial charge in [-0.1, -0.05) is 15.9 Å². The Morgan fingerprint density at radius 1 is 1.36 bits per heavy atom. The summed E-state index contributed by atoms with van der Waals surface area (Å²) in [6.45, 7) is 1.58. The van der Waals surface area contributed by atoms with E-state index >= 15 is 0 Å². The lowest BCUT2D eigenvalue weighted by molar-refractivity contribution is 0.152. The highest BCUT2D eigenvalue weighted by atomic mass is 79.9. The molecular weight excluding hydrogens is 256 g/mol. The van der Waals surface area contributed by atoms with Crippen LogP contribution in [0.3, 0.4) is 0 Å². The van der Waals surface area contributed by atoms with E-state index in [0.717, 1.165) is 12.1 Å². The van der Waals surface area contributed by atoms with Crippen molar-refractivity contribution in [3.05, 3.63) is 33.8 Å². The molecular formula is C9H10BrF2NO. The van der Waals surface area contributed by atoms with Crippen LogP contribution in [0.2, 0.25) is 0 Å². The lowest BCUT2D eigenvalue weighted by Gasteiger charge is -2.16. The number of rotatable bonds is 2. The minimum absolute atomic E-state index is 0.249. The molecule has 0 saturated heterocycles. The summed E-state index contributed by atoms with van der Waals surface area (Å²) in [6, 6.07) is 1.36. The average molecular weight is 266 g/mol. The molecule has 78 valence electrons. The Hall–Kier alpha value is -0.520. The van der Waals surface area contributed by atoms with E-state index in [4.69, 9.17) is 5.73 Å². The van der Waals surface area contributed by atoms with Gasteiger partial charge in [0.2, 0.25) is 0 Å². The topological polar surface area (TPSA) is 46.2 Å². The molecule has 2 atom stereocenters. The van der Waals surface area contributed by atoms with Crippen molar-refractivity contribution in [2.75, 3.05) is 0 Å². The smallest absolute Gasteiger partial charge is 0.159 e. The first kappa shape index (κ1) is 11.6. The maximum Gasteiger partial charge on any atom is 0.159 e. The standard InChI is InChI=1S/C9H10BrF2NO/c1-4(13)9(14)5-2-7(11)8(12)3-6(5)10/h2-4,9,14H,13H2,1H3/t4-,9-/m1/s1. The van der Waals surface area contributed by atoms with E-state index in [1.165, 1.54) is 0 Å². The maximum absolute atomic E-state index is 12.8. The maximum atomic E-state index is 12.8. The van der Waals surface area contributed by atoms with Gasteiger partial charge in [-0.25, -0.2) is 8.78 Å². The molecule has 0 aromatic heterocycles. The molecule has 0 spiro atoms. The normalized spacial score (nSPS) is 15.3. The third kappa shape index (κ3) is 2.29. The van der Waals surface area contributed by atoms with Crippen molar-refractivity contribution in [3.63, 3.8) is 0 Å². The van der Waals surface area contributed by atoms with Crippen LogP contribution in [-0.2, 0) is 0 Å². The summed E-state index contributed by atoms with van der Waals surface area (Å²) >= 11 is 3.03. The van der Waals surface area contributed by atoms with Crippen molar-refractivity contribution in [2.45, 2.75) is 19.1 Å². The summed E-state index contributed by atoms with van der Waals surface area (Å²) < 4.78 is 25.8. The molecule has 14 heavy (non-hydrogen) atoms. The average Bonchev–Trinajstić information content (AvgIpc) is 2.10. The Bertz CT molecular complexity index is 344. The third-order valence-corrected chi connectivity index (χ3v) is 2.54. The summed E-state index contributed by atoms with van der Waals surface area (Å²) in [6.07, 6.45) is -1.01. The minimum Gasteiger partial charge on any atom is -0.387 e. The molecule has 0 aliphatic rings. The fraction of sp³-hybridized carbons (Fsp3) is 0.333. The first-order valence-corrected chi connectivity index (χ1v) is 4.81. The molecule has 0 bridgehead atoms. The fourth-order valence-corrected chi connectivity index (χ4v) is 1.60. The molecule has 0 radical (unpaired) electrons. The highest BCUT2D eigenvalue weighted by Crippen LogP contribution is 2.27. The van der Waals surface area contributed by atoms with E-state index in [0.29, 0.717) is 4.47 Å². The number of benzene rings is 1. The molecule has 2 nitrogen and oxygen atoms in total. The molecule has 0 heterocycles. The molecule has 0 aliphatic heterocycles. The molecule has 1 rings (SSSR count). The van der Waals surface area contributed by atoms with Crippen LogP contribution < -0.4 is 5.73 Å². The Balaban J connectivity index is 3.15. The van der Waals surface area contributed by atoms with Crippen molar-refractivity contribution in [3.8, 4) is 0 Å². The largest absolute Gasteiger partial charge is 0.387 e. The van der Waals surface area contributed by atoms with Gasteiger partial charge in [0.25, 0.3) is 0 Å². The van der Waals surface area contributed by atoms with Crippen LogP contribution in [0.15, 0.2) is 16.6 Å². The number of aliphatic hydroxyl groups excluding tert-OH is 1. The van der Waals surface area contributed by atoms with Gasteiger partial charge in [-0.15, -0.1) is 0 Å². The van der Waals surface area contributed by atoms with E-state index in [-0.39, 0.29) is 5.56 Å². The van der Waals surface area contributed by atoms with Gasteiger partial charge in [0.05, 0.1) is 6.10 Å². The number of aliphatic hydroxyl groups is 1. The Labute approximate surface area is 88.9 Å². The third-order valence-electron chi connectivity index (χ3n) is 1.86. The van der Waals surface area contributed by atoms with Crippen LogP contribution in [0.5, 0.6) is 0 Å². The van der Waals surface area contributed by atoms with Crippen molar-refractivity contribution in [1.82, 2.24) is 0 Å². The van der Waals surface area contributed by atoms with Gasteiger partial charge in [0, 0.05) is 10.5 Å². The number of halogens is 3. The molecule has 0 fully saturated rings. The first-order chi connectivity index (χ1) is 6.43. The molecule has 0 amide bonds. The van der Waals surface area contributed by atoms with Crippen molar-refractivity contribution in [1.29, 1.82) is 0 Å². The summed E-state index contributed by atoms with van der Waals surface area (Å²) in [4.78, 5) is 0. The van der Waals surface area contributed by atoms with Gasteiger partial charge in [-0.3, -0.25) is 0 Å². The predicted molar refractivity (Wildman–Crippen MR) is 52.7 cm³/mol. The van der Waals surface area contributed by atoms with E-state index in [1.807, 2.05) is 0 Å². The van der Waals surface area contributed by atoms with Crippen LogP contribution >= 0.6 is 15.9 Å². The number of nitrogens with two attached hydrogens (primary N) is 1. The van der Waals surface area contributed by atoms with Crippen LogP contribution in [0.4, 0.5) is 8.78 Å². The summed E-state index contributed by atoms with van der Waals surface area (Å²) in [5.41, 5.74) is 5.69. The van der Waals surface area contributed by atoms with Crippen molar-refractivity contribution < 1.29 is 13.9 Å². The van der Waals surface area contributed by atoms with Crippen LogP contribution in [0.25, 0.3) is 0 Å². The second-order valence-electron chi connectivity index (χ2n) is 3.09. The zero-order valence-electron chi connectivity index (χ0n) is 7.47. The SMILES string of the molecule is C[C@@H](N)[C@@H](O)c1cc(F)c(F)cc1Br. The quantitative estimate of drug-likeness (QED) is 0.805. The molecule has 1 aromatic rings. The van der Waals surface area contributed by atoms with Gasteiger partial charge in [0.15, 0.2) is 11.6 Å². The highest BCUT2D eigenvalue weighted by Gasteiger charge is 2.18. The van der Waals surface area contributed by atoms with Crippen LogP contribution in [0.1, 0.15) is 18.6 Å². The van der Waals surface area contributed by atoms with Crippen molar-refractivity contribution >= 4 is 15.9 Å². The minimum atomic E-state index is -1.01. The molecule has 0 aliphatic carbocycles. The molecule has 5 heteroatoms. The van der Waals surface area contributed by atoms with Gasteiger partial charge >= 0.3 is 0 Å². The molecule has 0 unspecified atom stereocenters. The predicted octanol–water partition coefficient (Wildman–Crippen LogP) is 2.11. The van der Waals surface area contributed by atoms with Gasteiger partial charge in [-0.05, 0) is 24.6 Å². The van der Waals surface area contributed by atoms with E-state index in [1.54, 1.807) is 6.92 Å². The van der Waals surface area contributed by atoms with Crippen molar-refractivity contribution in [2.24, 2.45) is 5.73 Å². The molecule has 3 N–H and O–H groups in total. The van der Waals surface area contributed by atoms with E-state index in [9.17, 15) is 13.9 Å². The molecule has 0 saturated carbocycles. The lowest BCUT2D eigenvalue weighted by Crippen LogP contribution is -2.24. The zero-order chi connectivity index (χ0) is 10.9. The van der Waals surface area contributed by atoms with Gasteiger partial charge in [-0.2, -0.15) is 0 Å². The number of hydrogen-bond donors (Lipinski definition) is 2. The highest BCUT2D eigenvalue weighted by molar-refractivity contribution is 9.10. The van der Waals surface area contributed by atoms with Gasteiger partial charge in [0.1, 0.15) is 0 Å². The second-order valence-corrected chi connectivity index (χ2v) is 3.95. The van der Waals surface area contributed by atoms with Crippen LogP contribution in [-0.4, -0.2) is 11.1 Å².